The quantitative estimate of drug-likeness (QED) is 0.660. The number of nitrogens with two attached hydrogens (primary N) is 1. The Bertz CT molecular complexity index is 863. The monoisotopic (exact) mass is 362 g/mol. The van der Waals surface area contributed by atoms with Crippen LogP contribution in [-0.2, 0) is 4.79 Å². The molecule has 1 atom stereocenters. The third-order valence-electron chi connectivity index (χ3n) is 3.89. The zero-order valence-electron chi connectivity index (χ0n) is 15.1. The zero-order chi connectivity index (χ0) is 19.1. The molecule has 0 aliphatic carbocycles. The number of hydrogen-bond acceptors (Lipinski definition) is 4. The van der Waals surface area contributed by atoms with Crippen molar-refractivity contribution in [2.75, 3.05) is 11.9 Å². The number of para-hydroxylation sites is 2. The Balaban J connectivity index is 1.56. The highest BCUT2D eigenvalue weighted by atomic mass is 16.5. The molecule has 0 unspecified atom stereocenters. The summed E-state index contributed by atoms with van der Waals surface area (Å²) in [6.45, 7) is 1.70. The number of ether oxygens (including phenoxy) is 2. The molecule has 3 N–H and O–H groups in total. The van der Waals surface area contributed by atoms with Gasteiger partial charge in [0, 0.05) is 5.69 Å². The molecule has 0 aliphatic rings. The SMILES string of the molecule is C[C@](N)(COc1ccccc1)C(=O)Nc1ccc(Oc2ccccc2)cc1. The normalized spacial score (nSPS) is 12.7. The largest absolute Gasteiger partial charge is 0.491 e. The Kier molecular flexibility index (Phi) is 5.74. The molecule has 3 aromatic carbocycles. The third kappa shape index (κ3) is 5.33. The van der Waals surface area contributed by atoms with Crippen LogP contribution in [0, 0.1) is 0 Å². The second-order valence-electron chi connectivity index (χ2n) is 6.41. The van der Waals surface area contributed by atoms with Crippen LogP contribution in [0.15, 0.2) is 84.9 Å². The number of carbonyl (C=O) groups is 1. The van der Waals surface area contributed by atoms with Crippen LogP contribution in [0.5, 0.6) is 17.2 Å². The lowest BCUT2D eigenvalue weighted by atomic mass is 10.0. The molecule has 0 bridgehead atoms. The second-order valence-corrected chi connectivity index (χ2v) is 6.41. The Morgan fingerprint density at radius 2 is 1.37 bits per heavy atom. The molecule has 0 fully saturated rings. The van der Waals surface area contributed by atoms with Crippen molar-refractivity contribution in [2.45, 2.75) is 12.5 Å². The highest BCUT2D eigenvalue weighted by molar-refractivity contribution is 5.97. The summed E-state index contributed by atoms with van der Waals surface area (Å²) in [6, 6.07) is 25.9. The van der Waals surface area contributed by atoms with E-state index in [0.717, 1.165) is 5.75 Å². The summed E-state index contributed by atoms with van der Waals surface area (Å²) in [5, 5.41) is 2.81. The smallest absolute Gasteiger partial charge is 0.247 e. The summed E-state index contributed by atoms with van der Waals surface area (Å²) < 4.78 is 11.3. The van der Waals surface area contributed by atoms with E-state index in [1.54, 1.807) is 31.2 Å². The average molecular weight is 362 g/mol. The summed E-state index contributed by atoms with van der Waals surface area (Å²) in [6.07, 6.45) is 0. The molecule has 0 saturated carbocycles. The first kappa shape index (κ1) is 18.5. The molecule has 0 spiro atoms. The predicted molar refractivity (Wildman–Crippen MR) is 106 cm³/mol. The maximum atomic E-state index is 12.5. The van der Waals surface area contributed by atoms with Crippen LogP contribution in [0.1, 0.15) is 6.92 Å². The summed E-state index contributed by atoms with van der Waals surface area (Å²) in [5.41, 5.74) is 5.59. The molecular formula is C22H22N2O3. The molecule has 0 saturated heterocycles. The number of nitrogens with one attached hydrogen (secondary N) is 1. The summed E-state index contributed by atoms with van der Waals surface area (Å²) >= 11 is 0. The first-order valence-electron chi connectivity index (χ1n) is 8.64. The molecule has 0 aliphatic heterocycles. The van der Waals surface area contributed by atoms with E-state index in [9.17, 15) is 4.79 Å². The minimum absolute atomic E-state index is 0.0675. The van der Waals surface area contributed by atoms with E-state index in [1.807, 2.05) is 60.7 Å². The Hall–Kier alpha value is -3.31. The van der Waals surface area contributed by atoms with Crippen molar-refractivity contribution in [1.29, 1.82) is 0 Å². The van der Waals surface area contributed by atoms with Gasteiger partial charge in [-0.25, -0.2) is 0 Å². The van der Waals surface area contributed by atoms with Crippen molar-refractivity contribution in [3.05, 3.63) is 84.9 Å². The third-order valence-corrected chi connectivity index (χ3v) is 3.89. The van der Waals surface area contributed by atoms with Crippen molar-refractivity contribution >= 4 is 11.6 Å². The fraction of sp³-hybridized carbons (Fsp3) is 0.136. The van der Waals surface area contributed by atoms with Gasteiger partial charge in [0.2, 0.25) is 5.91 Å². The number of amides is 1. The topological polar surface area (TPSA) is 73.6 Å². The number of hydrogen-bond donors (Lipinski definition) is 2. The molecular weight excluding hydrogens is 340 g/mol. The van der Waals surface area contributed by atoms with Crippen LogP contribution < -0.4 is 20.5 Å². The van der Waals surface area contributed by atoms with Crippen LogP contribution in [0.25, 0.3) is 0 Å². The van der Waals surface area contributed by atoms with Gasteiger partial charge in [0.15, 0.2) is 0 Å². The van der Waals surface area contributed by atoms with Gasteiger partial charge < -0.3 is 20.5 Å². The molecule has 3 aromatic rings. The molecule has 138 valence electrons. The van der Waals surface area contributed by atoms with E-state index in [4.69, 9.17) is 15.2 Å². The van der Waals surface area contributed by atoms with Gasteiger partial charge in [-0.05, 0) is 55.5 Å². The first-order valence-corrected chi connectivity index (χ1v) is 8.64. The van der Waals surface area contributed by atoms with Gasteiger partial charge in [0.25, 0.3) is 0 Å². The van der Waals surface area contributed by atoms with Crippen molar-refractivity contribution < 1.29 is 14.3 Å². The zero-order valence-corrected chi connectivity index (χ0v) is 15.1. The Morgan fingerprint density at radius 1 is 0.852 bits per heavy atom. The lowest BCUT2D eigenvalue weighted by molar-refractivity contribution is -0.121. The fourth-order valence-electron chi connectivity index (χ4n) is 2.32. The standard InChI is InChI=1S/C22H22N2O3/c1-22(23,16-26-18-8-4-2-5-9-18)21(25)24-17-12-14-20(15-13-17)27-19-10-6-3-7-11-19/h2-15H,16,23H2,1H3,(H,24,25)/t22-/m0/s1. The van der Waals surface area contributed by atoms with Crippen LogP contribution in [0.2, 0.25) is 0 Å². The second kappa shape index (κ2) is 8.38. The van der Waals surface area contributed by atoms with Crippen LogP contribution >= 0.6 is 0 Å². The lowest BCUT2D eigenvalue weighted by Crippen LogP contribution is -2.53. The van der Waals surface area contributed by atoms with E-state index in [-0.39, 0.29) is 12.5 Å². The predicted octanol–water partition coefficient (Wildman–Crippen LogP) is 4.21. The number of benzene rings is 3. The molecule has 27 heavy (non-hydrogen) atoms. The van der Waals surface area contributed by atoms with Crippen LogP contribution in [0.4, 0.5) is 5.69 Å². The van der Waals surface area contributed by atoms with E-state index in [1.165, 1.54) is 0 Å². The number of carbonyl (C=O) groups excluding carboxylic acids is 1. The molecule has 1 amide bonds. The van der Waals surface area contributed by atoms with E-state index >= 15 is 0 Å². The fourth-order valence-corrected chi connectivity index (χ4v) is 2.32. The lowest BCUT2D eigenvalue weighted by Gasteiger charge is -2.23. The van der Waals surface area contributed by atoms with E-state index in [0.29, 0.717) is 17.2 Å². The molecule has 5 heteroatoms. The van der Waals surface area contributed by atoms with Crippen molar-refractivity contribution in [3.63, 3.8) is 0 Å². The van der Waals surface area contributed by atoms with Crippen LogP contribution in [0.3, 0.4) is 0 Å². The van der Waals surface area contributed by atoms with Crippen molar-refractivity contribution in [2.24, 2.45) is 5.73 Å². The number of anilines is 1. The van der Waals surface area contributed by atoms with E-state index in [2.05, 4.69) is 5.32 Å². The van der Waals surface area contributed by atoms with Gasteiger partial charge >= 0.3 is 0 Å². The molecule has 5 nitrogen and oxygen atoms in total. The number of rotatable bonds is 7. The maximum absolute atomic E-state index is 12.5. The minimum Gasteiger partial charge on any atom is -0.491 e. The van der Waals surface area contributed by atoms with Gasteiger partial charge in [0.05, 0.1) is 0 Å². The van der Waals surface area contributed by atoms with Gasteiger partial charge in [-0.15, -0.1) is 0 Å². The van der Waals surface area contributed by atoms with Crippen molar-refractivity contribution in [1.82, 2.24) is 0 Å². The summed E-state index contributed by atoms with van der Waals surface area (Å²) in [7, 11) is 0. The molecule has 0 heterocycles. The van der Waals surface area contributed by atoms with Gasteiger partial charge in [0.1, 0.15) is 29.4 Å². The van der Waals surface area contributed by atoms with Gasteiger partial charge in [-0.3, -0.25) is 4.79 Å². The highest BCUT2D eigenvalue weighted by Gasteiger charge is 2.29. The Labute approximate surface area is 158 Å². The van der Waals surface area contributed by atoms with Crippen LogP contribution in [-0.4, -0.2) is 18.1 Å². The van der Waals surface area contributed by atoms with E-state index < -0.39 is 5.54 Å². The summed E-state index contributed by atoms with van der Waals surface area (Å²) in [4.78, 5) is 12.5. The Morgan fingerprint density at radius 3 is 1.96 bits per heavy atom. The first-order chi connectivity index (χ1) is 13.0. The minimum atomic E-state index is -1.17. The average Bonchev–Trinajstić information content (AvgIpc) is 2.69. The van der Waals surface area contributed by atoms with Crippen molar-refractivity contribution in [3.8, 4) is 17.2 Å². The molecule has 3 rings (SSSR count). The molecule has 0 radical (unpaired) electrons. The maximum Gasteiger partial charge on any atom is 0.247 e. The van der Waals surface area contributed by atoms with Gasteiger partial charge in [-0.1, -0.05) is 36.4 Å². The molecule has 0 aromatic heterocycles. The summed E-state index contributed by atoms with van der Waals surface area (Å²) in [5.74, 6) is 1.78. The van der Waals surface area contributed by atoms with Gasteiger partial charge in [-0.2, -0.15) is 0 Å². The highest BCUT2D eigenvalue weighted by Crippen LogP contribution is 2.23.